The largest absolute Gasteiger partial charge is 0.389 e. The summed E-state index contributed by atoms with van der Waals surface area (Å²) in [4.78, 5) is 15.7. The van der Waals surface area contributed by atoms with Gasteiger partial charge >= 0.3 is 6.18 Å². The maximum Gasteiger partial charge on any atom is 0.389 e. The van der Waals surface area contributed by atoms with E-state index in [-0.39, 0.29) is 25.5 Å². The van der Waals surface area contributed by atoms with Crippen LogP contribution in [0.25, 0.3) is 11.4 Å². The van der Waals surface area contributed by atoms with E-state index in [1.807, 2.05) is 0 Å². The summed E-state index contributed by atoms with van der Waals surface area (Å²) in [5.41, 5.74) is 5.28. The lowest BCUT2D eigenvalue weighted by Crippen LogP contribution is -2.47. The number of rotatable bonds is 9. The molecule has 0 bridgehead atoms. The quantitative estimate of drug-likeness (QED) is 0.421. The summed E-state index contributed by atoms with van der Waals surface area (Å²) in [7, 11) is -4.52. The van der Waals surface area contributed by atoms with Crippen LogP contribution in [0.15, 0.2) is 45.5 Å². The molecule has 3 rings (SSSR count). The molecular formula is C18H15ClF4N4O4S2. The second kappa shape index (κ2) is 9.75. The number of benzene rings is 1. The number of carbonyl (C=O) groups excluding carboxylic acids is 1. The number of thiophene rings is 1. The predicted octanol–water partition coefficient (Wildman–Crippen LogP) is 3.98. The van der Waals surface area contributed by atoms with E-state index in [0.29, 0.717) is 15.6 Å². The van der Waals surface area contributed by atoms with Crippen LogP contribution in [0.3, 0.4) is 0 Å². The standard InChI is InChI=1S/C18H15ClF4N4O4S2/c19-14-3-4-15(32-14)33(29,30)27(13(16(24)28)5-6-18(21,22)23)8-10-1-2-11(12(20)7-10)17-25-9-31-26-17/h1-4,7,9,13H,5-6,8H2,(H2,24,28). The molecule has 0 saturated carbocycles. The van der Waals surface area contributed by atoms with E-state index in [9.17, 15) is 30.8 Å². The number of nitrogens with two attached hydrogens (primary N) is 1. The van der Waals surface area contributed by atoms with Crippen molar-refractivity contribution in [3.05, 3.63) is 52.4 Å². The molecule has 0 saturated heterocycles. The van der Waals surface area contributed by atoms with Crippen molar-refractivity contribution in [3.63, 3.8) is 0 Å². The van der Waals surface area contributed by atoms with Gasteiger partial charge in [-0.15, -0.1) is 11.3 Å². The van der Waals surface area contributed by atoms with Gasteiger partial charge in [0, 0.05) is 13.0 Å². The first-order valence-corrected chi connectivity index (χ1v) is 11.7. The van der Waals surface area contributed by atoms with Crippen LogP contribution in [0.5, 0.6) is 0 Å². The van der Waals surface area contributed by atoms with Crippen molar-refractivity contribution in [2.45, 2.75) is 35.8 Å². The van der Waals surface area contributed by atoms with Crippen LogP contribution in [0.1, 0.15) is 18.4 Å². The first-order valence-electron chi connectivity index (χ1n) is 9.07. The molecule has 2 N–H and O–H groups in total. The molecule has 0 aliphatic rings. The summed E-state index contributed by atoms with van der Waals surface area (Å²) < 4.78 is 84.4. The highest BCUT2D eigenvalue weighted by atomic mass is 35.5. The topological polar surface area (TPSA) is 119 Å². The molecule has 1 amide bonds. The summed E-state index contributed by atoms with van der Waals surface area (Å²) in [6.07, 6.45) is -6.04. The molecule has 2 heterocycles. The van der Waals surface area contributed by atoms with Crippen molar-refractivity contribution in [1.29, 1.82) is 0 Å². The average Bonchev–Trinajstić information content (AvgIpc) is 3.38. The number of sulfonamides is 1. The number of alkyl halides is 3. The van der Waals surface area contributed by atoms with Crippen molar-refractivity contribution in [2.24, 2.45) is 5.73 Å². The van der Waals surface area contributed by atoms with Gasteiger partial charge in [0.25, 0.3) is 10.0 Å². The van der Waals surface area contributed by atoms with Crippen LogP contribution >= 0.6 is 22.9 Å². The number of hydrogen-bond donors (Lipinski definition) is 1. The van der Waals surface area contributed by atoms with Gasteiger partial charge < -0.3 is 10.3 Å². The zero-order valence-electron chi connectivity index (χ0n) is 16.4. The van der Waals surface area contributed by atoms with Gasteiger partial charge in [-0.2, -0.15) is 22.5 Å². The molecule has 3 aromatic rings. The first kappa shape index (κ1) is 25.1. The highest BCUT2D eigenvalue weighted by Gasteiger charge is 2.39. The van der Waals surface area contributed by atoms with E-state index >= 15 is 0 Å². The fraction of sp³-hybridized carbons (Fsp3) is 0.278. The van der Waals surface area contributed by atoms with E-state index in [1.54, 1.807) is 0 Å². The summed E-state index contributed by atoms with van der Waals surface area (Å²) in [6.45, 7) is -0.632. The molecule has 8 nitrogen and oxygen atoms in total. The summed E-state index contributed by atoms with van der Waals surface area (Å²) in [6, 6.07) is 4.11. The first-order chi connectivity index (χ1) is 15.4. The predicted molar refractivity (Wildman–Crippen MR) is 110 cm³/mol. The third-order valence-electron chi connectivity index (χ3n) is 4.46. The minimum absolute atomic E-state index is 0.0456. The van der Waals surface area contributed by atoms with Crippen LogP contribution in [-0.2, 0) is 21.4 Å². The Hall–Kier alpha value is -2.55. The number of aromatic nitrogens is 2. The summed E-state index contributed by atoms with van der Waals surface area (Å²) >= 11 is 6.46. The minimum atomic E-state index is -4.66. The molecule has 178 valence electrons. The van der Waals surface area contributed by atoms with Gasteiger partial charge in [0.05, 0.1) is 9.90 Å². The molecule has 1 atom stereocenters. The summed E-state index contributed by atoms with van der Waals surface area (Å²) in [5.74, 6) is -2.18. The number of primary amides is 1. The Morgan fingerprint density at radius 2 is 2.00 bits per heavy atom. The molecule has 0 aliphatic carbocycles. The van der Waals surface area contributed by atoms with E-state index in [0.717, 1.165) is 18.5 Å². The molecule has 2 aromatic heterocycles. The molecule has 33 heavy (non-hydrogen) atoms. The van der Waals surface area contributed by atoms with E-state index < -0.39 is 53.4 Å². The van der Waals surface area contributed by atoms with Gasteiger partial charge in [0.15, 0.2) is 0 Å². The van der Waals surface area contributed by atoms with E-state index in [2.05, 4.69) is 14.7 Å². The van der Waals surface area contributed by atoms with Crippen LogP contribution in [0.2, 0.25) is 4.34 Å². The number of amides is 1. The third-order valence-corrected chi connectivity index (χ3v) is 8.02. The van der Waals surface area contributed by atoms with Gasteiger partial charge in [-0.3, -0.25) is 4.79 Å². The maximum atomic E-state index is 14.6. The fourth-order valence-corrected chi connectivity index (χ4v) is 6.18. The Kier molecular flexibility index (Phi) is 7.41. The van der Waals surface area contributed by atoms with Crippen LogP contribution in [-0.4, -0.2) is 41.0 Å². The van der Waals surface area contributed by atoms with Crippen molar-refractivity contribution < 1.29 is 35.3 Å². The molecule has 0 aliphatic heterocycles. The van der Waals surface area contributed by atoms with Gasteiger partial charge in [-0.05, 0) is 36.2 Å². The van der Waals surface area contributed by atoms with Crippen LogP contribution in [0, 0.1) is 5.82 Å². The molecule has 1 aromatic carbocycles. The van der Waals surface area contributed by atoms with Crippen molar-refractivity contribution in [2.75, 3.05) is 0 Å². The molecular weight excluding hydrogens is 512 g/mol. The van der Waals surface area contributed by atoms with Gasteiger partial charge in [0.1, 0.15) is 16.1 Å². The monoisotopic (exact) mass is 526 g/mol. The number of nitrogens with zero attached hydrogens (tertiary/aromatic N) is 3. The number of halogens is 5. The van der Waals surface area contributed by atoms with Gasteiger partial charge in [0.2, 0.25) is 18.1 Å². The number of hydrogen-bond acceptors (Lipinski definition) is 7. The van der Waals surface area contributed by atoms with Crippen LogP contribution in [0.4, 0.5) is 17.6 Å². The molecule has 15 heteroatoms. The Labute approximate surface area is 194 Å². The zero-order valence-corrected chi connectivity index (χ0v) is 18.8. The average molecular weight is 527 g/mol. The second-order valence-corrected chi connectivity index (χ2v) is 10.6. The lowest BCUT2D eigenvalue weighted by Gasteiger charge is -2.29. The van der Waals surface area contributed by atoms with Gasteiger partial charge in [-0.1, -0.05) is 22.8 Å². The third kappa shape index (κ3) is 6.07. The second-order valence-electron chi connectivity index (χ2n) is 6.75. The molecule has 0 spiro atoms. The van der Waals surface area contributed by atoms with Crippen molar-refractivity contribution in [3.8, 4) is 11.4 Å². The Bertz CT molecular complexity index is 1230. The Morgan fingerprint density at radius 1 is 1.27 bits per heavy atom. The lowest BCUT2D eigenvalue weighted by atomic mass is 10.1. The van der Waals surface area contributed by atoms with E-state index in [1.165, 1.54) is 18.2 Å². The highest BCUT2D eigenvalue weighted by molar-refractivity contribution is 7.91. The van der Waals surface area contributed by atoms with Gasteiger partial charge in [-0.25, -0.2) is 12.8 Å². The fourth-order valence-electron chi connectivity index (χ4n) is 2.95. The summed E-state index contributed by atoms with van der Waals surface area (Å²) in [5, 5.41) is 3.51. The normalized spacial score (nSPS) is 13.4. The Morgan fingerprint density at radius 3 is 2.52 bits per heavy atom. The lowest BCUT2D eigenvalue weighted by molar-refractivity contribution is -0.140. The zero-order chi connectivity index (χ0) is 24.4. The van der Waals surface area contributed by atoms with Crippen molar-refractivity contribution >= 4 is 38.9 Å². The highest BCUT2D eigenvalue weighted by Crippen LogP contribution is 2.33. The molecule has 0 fully saturated rings. The number of carbonyl (C=O) groups is 1. The molecule has 1 unspecified atom stereocenters. The smallest absolute Gasteiger partial charge is 0.368 e. The maximum absolute atomic E-state index is 14.6. The van der Waals surface area contributed by atoms with Crippen LogP contribution < -0.4 is 5.73 Å². The SMILES string of the molecule is NC(=O)C(CCC(F)(F)F)N(Cc1ccc(-c2ncon2)c(F)c1)S(=O)(=O)c1ccc(Cl)s1. The molecule has 0 radical (unpaired) electrons. The van der Waals surface area contributed by atoms with Crippen molar-refractivity contribution in [1.82, 2.24) is 14.4 Å². The Balaban J connectivity index is 2.01. The minimum Gasteiger partial charge on any atom is -0.368 e. The van der Waals surface area contributed by atoms with E-state index in [4.69, 9.17) is 17.3 Å².